The van der Waals surface area contributed by atoms with Crippen molar-refractivity contribution in [3.05, 3.63) is 35.4 Å². The molecule has 1 aromatic carbocycles. The number of unbranched alkanes of at least 4 members (excludes halogenated alkanes) is 2. The zero-order chi connectivity index (χ0) is 33.3. The van der Waals surface area contributed by atoms with Crippen LogP contribution in [0.4, 0.5) is 0 Å². The maximum atomic E-state index is 13.4. The molecule has 0 unspecified atom stereocenters. The number of hydrogen-bond donors (Lipinski definition) is 0. The fraction of sp³-hybridized carbons (Fsp3) is 0.837. The Kier molecular flexibility index (Phi) is 11.2. The third kappa shape index (κ3) is 6.99. The Labute approximate surface area is 288 Å². The van der Waals surface area contributed by atoms with E-state index < -0.39 is 0 Å². The van der Waals surface area contributed by atoms with E-state index in [2.05, 4.69) is 77.6 Å². The van der Waals surface area contributed by atoms with Crippen LogP contribution >= 0.6 is 0 Å². The van der Waals surface area contributed by atoms with E-state index in [-0.39, 0.29) is 5.92 Å². The number of hydrogen-bond acceptors (Lipinski definition) is 3. The molecule has 0 bridgehead atoms. The molecule has 0 spiro atoms. The van der Waals surface area contributed by atoms with Gasteiger partial charge in [0.15, 0.2) is 0 Å². The minimum absolute atomic E-state index is 0.0951. The van der Waals surface area contributed by atoms with Gasteiger partial charge in [0.2, 0.25) is 5.91 Å². The minimum Gasteiger partial charge on any atom is -0.374 e. The smallest absolute Gasteiger partial charge is 0.225 e. The van der Waals surface area contributed by atoms with E-state index in [9.17, 15) is 4.79 Å². The van der Waals surface area contributed by atoms with Gasteiger partial charge in [-0.1, -0.05) is 84.2 Å². The molecule has 47 heavy (non-hydrogen) atoms. The number of nitrogens with zero attached hydrogens (tertiary/aromatic N) is 1. The van der Waals surface area contributed by atoms with Crippen molar-refractivity contribution in [2.45, 2.75) is 163 Å². The zero-order valence-corrected chi connectivity index (χ0v) is 31.3. The topological polar surface area (TPSA) is 38.8 Å². The van der Waals surface area contributed by atoms with Crippen molar-refractivity contribution in [2.24, 2.45) is 52.3 Å². The van der Waals surface area contributed by atoms with E-state index in [1.807, 2.05) is 0 Å². The van der Waals surface area contributed by atoms with E-state index in [4.69, 9.17) is 9.47 Å². The summed E-state index contributed by atoms with van der Waals surface area (Å²) < 4.78 is 13.6. The quantitative estimate of drug-likeness (QED) is 0.214. The highest BCUT2D eigenvalue weighted by atomic mass is 16.5. The van der Waals surface area contributed by atoms with Crippen LogP contribution in [0.15, 0.2) is 24.3 Å². The van der Waals surface area contributed by atoms with Gasteiger partial charge in [0.05, 0.1) is 24.9 Å². The Hall–Kier alpha value is -1.39. The molecule has 4 aliphatic carbocycles. The summed E-state index contributed by atoms with van der Waals surface area (Å²) in [6.07, 6.45) is 18.4. The highest BCUT2D eigenvalue weighted by Gasteiger charge is 2.65. The molecule has 0 N–H and O–H groups in total. The van der Waals surface area contributed by atoms with Gasteiger partial charge >= 0.3 is 0 Å². The average Bonchev–Trinajstić information content (AvgIpc) is 3.55. The lowest BCUT2D eigenvalue weighted by atomic mass is 9.44. The van der Waals surface area contributed by atoms with Gasteiger partial charge in [0, 0.05) is 19.0 Å². The average molecular weight is 648 g/mol. The summed E-state index contributed by atoms with van der Waals surface area (Å²) in [5, 5.41) is 0. The van der Waals surface area contributed by atoms with Crippen LogP contribution in [0.25, 0.3) is 0 Å². The summed E-state index contributed by atoms with van der Waals surface area (Å²) >= 11 is 0. The molecule has 4 heteroatoms. The SMILES string of the molecule is CCCCN(CCCC)C(=O)[C@@H](C)CC[C@H]1O[C@H]2C[C@H]3[C@@H]4CC[C@@H]5C[C@@H](OCc6ccc(C)cc6)CC[C@]5(C)[C@H]4CC[C@]3(C)[C@H]2[C@@H]1C. The molecule has 12 atom stereocenters. The molecule has 5 fully saturated rings. The van der Waals surface area contributed by atoms with Gasteiger partial charge in [-0.2, -0.15) is 0 Å². The van der Waals surface area contributed by atoms with Crippen molar-refractivity contribution < 1.29 is 14.3 Å². The summed E-state index contributed by atoms with van der Waals surface area (Å²) in [4.78, 5) is 15.6. The minimum atomic E-state index is 0.0951. The Balaban J connectivity index is 1.03. The fourth-order valence-corrected chi connectivity index (χ4v) is 12.2. The molecule has 0 radical (unpaired) electrons. The standard InChI is InChI=1S/C43H69NO3/c1-8-10-24-44(25-11-9-2)41(45)30(4)14-19-38-31(5)40-39(47-38)27-37-35-18-17-33-26-34(46-28-32-15-12-29(3)13-16-32)20-22-42(33,6)36(35)21-23-43(37,40)7/h12-13,15-16,30-31,33-40H,8-11,14,17-28H2,1-7H3/t30-,31+,33+,34-,35+,36-,37-,38+,39-,40-,42-,43-/m0/s1. The lowest BCUT2D eigenvalue weighted by molar-refractivity contribution is -0.139. The normalized spacial score (nSPS) is 39.9. The second-order valence-corrected chi connectivity index (χ2v) is 17.7. The maximum Gasteiger partial charge on any atom is 0.225 e. The van der Waals surface area contributed by atoms with Gasteiger partial charge < -0.3 is 14.4 Å². The first-order valence-electron chi connectivity index (χ1n) is 20.2. The van der Waals surface area contributed by atoms with Crippen molar-refractivity contribution in [1.29, 1.82) is 0 Å². The Morgan fingerprint density at radius 1 is 0.957 bits per heavy atom. The van der Waals surface area contributed by atoms with E-state index in [1.54, 1.807) is 0 Å². The van der Waals surface area contributed by atoms with Crippen molar-refractivity contribution >= 4 is 5.91 Å². The van der Waals surface area contributed by atoms with Crippen LogP contribution in [-0.4, -0.2) is 42.2 Å². The van der Waals surface area contributed by atoms with Crippen LogP contribution in [0.5, 0.6) is 0 Å². The molecule has 1 aromatic rings. The van der Waals surface area contributed by atoms with E-state index in [0.29, 0.717) is 46.9 Å². The number of aryl methyl sites for hydroxylation is 1. The summed E-state index contributed by atoms with van der Waals surface area (Å²) in [5.74, 6) is 5.13. The monoisotopic (exact) mass is 648 g/mol. The highest BCUT2D eigenvalue weighted by molar-refractivity contribution is 5.78. The van der Waals surface area contributed by atoms with Crippen molar-refractivity contribution in [1.82, 2.24) is 4.90 Å². The van der Waals surface area contributed by atoms with E-state index in [1.165, 1.54) is 62.5 Å². The largest absolute Gasteiger partial charge is 0.374 e. The lowest BCUT2D eigenvalue weighted by Crippen LogP contribution is -2.54. The van der Waals surface area contributed by atoms with Crippen LogP contribution in [-0.2, 0) is 20.9 Å². The number of amides is 1. The third-order valence-electron chi connectivity index (χ3n) is 15.0. The van der Waals surface area contributed by atoms with Crippen LogP contribution in [0.3, 0.4) is 0 Å². The second kappa shape index (κ2) is 14.8. The van der Waals surface area contributed by atoms with Gasteiger partial charge in [0.1, 0.15) is 0 Å². The first kappa shape index (κ1) is 35.4. The molecule has 0 aromatic heterocycles. The molecule has 4 nitrogen and oxygen atoms in total. The first-order valence-corrected chi connectivity index (χ1v) is 20.2. The predicted molar refractivity (Wildman–Crippen MR) is 193 cm³/mol. The molecule has 1 heterocycles. The number of fused-ring (bicyclic) bond motifs is 7. The van der Waals surface area contributed by atoms with Gasteiger partial charge in [-0.05, 0) is 136 Å². The molecule has 4 saturated carbocycles. The highest BCUT2D eigenvalue weighted by Crippen LogP contribution is 2.70. The van der Waals surface area contributed by atoms with E-state index >= 15 is 0 Å². The van der Waals surface area contributed by atoms with Crippen LogP contribution < -0.4 is 0 Å². The summed E-state index contributed by atoms with van der Waals surface area (Å²) in [7, 11) is 0. The third-order valence-corrected chi connectivity index (χ3v) is 15.0. The summed E-state index contributed by atoms with van der Waals surface area (Å²) in [6.45, 7) is 19.2. The van der Waals surface area contributed by atoms with Crippen LogP contribution in [0.2, 0.25) is 0 Å². The summed E-state index contributed by atoms with van der Waals surface area (Å²) in [5.41, 5.74) is 3.52. The molecular weight excluding hydrogens is 578 g/mol. The number of carbonyl (C=O) groups excluding carboxylic acids is 1. The zero-order valence-electron chi connectivity index (χ0n) is 31.3. The lowest BCUT2D eigenvalue weighted by Gasteiger charge is -2.61. The van der Waals surface area contributed by atoms with Gasteiger partial charge in [0.25, 0.3) is 0 Å². The van der Waals surface area contributed by atoms with Gasteiger partial charge in [-0.25, -0.2) is 0 Å². The Morgan fingerprint density at radius 2 is 1.66 bits per heavy atom. The van der Waals surface area contributed by atoms with Crippen molar-refractivity contribution in [3.63, 3.8) is 0 Å². The number of rotatable bonds is 13. The fourth-order valence-electron chi connectivity index (χ4n) is 12.2. The molecular formula is C43H69NO3. The maximum absolute atomic E-state index is 13.4. The van der Waals surface area contributed by atoms with Crippen molar-refractivity contribution in [3.8, 4) is 0 Å². The van der Waals surface area contributed by atoms with Gasteiger partial charge in [-0.3, -0.25) is 4.79 Å². The summed E-state index contributed by atoms with van der Waals surface area (Å²) in [6, 6.07) is 8.88. The number of ether oxygens (including phenoxy) is 2. The second-order valence-electron chi connectivity index (χ2n) is 17.7. The van der Waals surface area contributed by atoms with E-state index in [0.717, 1.165) is 81.9 Å². The predicted octanol–water partition coefficient (Wildman–Crippen LogP) is 10.4. The first-order chi connectivity index (χ1) is 22.6. The van der Waals surface area contributed by atoms with Gasteiger partial charge in [-0.15, -0.1) is 0 Å². The molecule has 1 aliphatic heterocycles. The number of carbonyl (C=O) groups is 1. The Morgan fingerprint density at radius 3 is 2.36 bits per heavy atom. The van der Waals surface area contributed by atoms with Crippen LogP contribution in [0.1, 0.15) is 143 Å². The van der Waals surface area contributed by atoms with Crippen molar-refractivity contribution in [2.75, 3.05) is 13.1 Å². The Bertz CT molecular complexity index is 1170. The molecule has 264 valence electrons. The molecule has 1 saturated heterocycles. The van der Waals surface area contributed by atoms with Crippen LogP contribution in [0, 0.1) is 59.2 Å². The molecule has 5 aliphatic rings. The molecule has 6 rings (SSSR count). The number of benzene rings is 1. The molecule has 1 amide bonds.